The fourth-order valence-corrected chi connectivity index (χ4v) is 2.18. The van der Waals surface area contributed by atoms with Crippen molar-refractivity contribution >= 4 is 33.3 Å². The second-order valence-corrected chi connectivity index (χ2v) is 4.46. The lowest BCUT2D eigenvalue weighted by Gasteiger charge is -2.15. The van der Waals surface area contributed by atoms with Gasteiger partial charge in [-0.3, -0.25) is 4.79 Å². The molecule has 13 heavy (non-hydrogen) atoms. The molecule has 0 aliphatic heterocycles. The van der Waals surface area contributed by atoms with Crippen LogP contribution in [0.5, 0.6) is 0 Å². The summed E-state index contributed by atoms with van der Waals surface area (Å²) in [7, 11) is 0. The minimum atomic E-state index is 0.218. The van der Waals surface area contributed by atoms with Gasteiger partial charge >= 0.3 is 0 Å². The third kappa shape index (κ3) is 1.65. The Morgan fingerprint density at radius 1 is 1.31 bits per heavy atom. The Hall–Kier alpha value is -0.340. The summed E-state index contributed by atoms with van der Waals surface area (Å²) < 4.78 is 0.877. The summed E-state index contributed by atoms with van der Waals surface area (Å²) in [6, 6.07) is 3.72. The van der Waals surface area contributed by atoms with Gasteiger partial charge in [-0.15, -0.1) is 0 Å². The van der Waals surface area contributed by atoms with E-state index < -0.39 is 0 Å². The maximum Gasteiger partial charge on any atom is 0.163 e. The zero-order valence-electron chi connectivity index (χ0n) is 6.94. The Kier molecular flexibility index (Phi) is 2.43. The van der Waals surface area contributed by atoms with Crippen molar-refractivity contribution in [2.75, 3.05) is 0 Å². The zero-order chi connectivity index (χ0) is 9.42. The van der Waals surface area contributed by atoms with E-state index in [4.69, 9.17) is 11.6 Å². The van der Waals surface area contributed by atoms with Gasteiger partial charge in [-0.05, 0) is 46.5 Å². The fourth-order valence-electron chi connectivity index (χ4n) is 1.63. The number of halogens is 2. The summed E-state index contributed by atoms with van der Waals surface area (Å²) in [5.74, 6) is 0.218. The molecule has 0 bridgehead atoms. The number of aryl methyl sites for hydroxylation is 1. The van der Waals surface area contributed by atoms with Crippen LogP contribution in [0.15, 0.2) is 16.6 Å². The van der Waals surface area contributed by atoms with E-state index in [0.717, 1.165) is 28.4 Å². The second-order valence-electron chi connectivity index (χ2n) is 3.20. The summed E-state index contributed by atoms with van der Waals surface area (Å²) in [6.45, 7) is 0. The Balaban J connectivity index is 2.58. The summed E-state index contributed by atoms with van der Waals surface area (Å²) in [5.41, 5.74) is 1.92. The first-order valence-electron chi connectivity index (χ1n) is 4.19. The van der Waals surface area contributed by atoms with Gasteiger partial charge in [0.1, 0.15) is 0 Å². The average molecular weight is 260 g/mol. The predicted molar refractivity (Wildman–Crippen MR) is 56.4 cm³/mol. The van der Waals surface area contributed by atoms with Crippen molar-refractivity contribution in [3.8, 4) is 0 Å². The number of fused-ring (bicyclic) bond motifs is 1. The van der Waals surface area contributed by atoms with Crippen molar-refractivity contribution in [1.29, 1.82) is 0 Å². The first kappa shape index (κ1) is 9.22. The van der Waals surface area contributed by atoms with Crippen molar-refractivity contribution in [2.45, 2.75) is 19.3 Å². The maximum absolute atomic E-state index is 11.5. The van der Waals surface area contributed by atoms with E-state index in [1.54, 1.807) is 6.07 Å². The number of benzene rings is 1. The molecule has 0 amide bonds. The van der Waals surface area contributed by atoms with Crippen molar-refractivity contribution in [3.05, 3.63) is 32.8 Å². The Morgan fingerprint density at radius 3 is 2.85 bits per heavy atom. The van der Waals surface area contributed by atoms with E-state index in [-0.39, 0.29) is 5.78 Å². The van der Waals surface area contributed by atoms with Crippen LogP contribution < -0.4 is 0 Å². The highest BCUT2D eigenvalue weighted by Crippen LogP contribution is 2.30. The molecule has 1 aromatic carbocycles. The number of hydrogen-bond donors (Lipinski definition) is 0. The highest BCUT2D eigenvalue weighted by molar-refractivity contribution is 9.10. The molecular weight excluding hydrogens is 251 g/mol. The van der Waals surface area contributed by atoms with Crippen LogP contribution in [0.1, 0.15) is 28.8 Å². The van der Waals surface area contributed by atoms with Gasteiger partial charge in [0.05, 0.1) is 5.02 Å². The first-order chi connectivity index (χ1) is 6.18. The molecule has 1 aliphatic rings. The number of hydrogen-bond acceptors (Lipinski definition) is 1. The van der Waals surface area contributed by atoms with Crippen molar-refractivity contribution in [1.82, 2.24) is 0 Å². The molecule has 1 aliphatic carbocycles. The molecule has 0 aromatic heterocycles. The van der Waals surface area contributed by atoms with Crippen LogP contribution >= 0.6 is 27.5 Å². The molecule has 0 spiro atoms. The monoisotopic (exact) mass is 258 g/mol. The highest BCUT2D eigenvalue weighted by Gasteiger charge is 2.18. The van der Waals surface area contributed by atoms with Gasteiger partial charge in [-0.1, -0.05) is 11.6 Å². The van der Waals surface area contributed by atoms with Crippen molar-refractivity contribution < 1.29 is 4.79 Å². The van der Waals surface area contributed by atoms with E-state index >= 15 is 0 Å². The molecule has 68 valence electrons. The van der Waals surface area contributed by atoms with Gasteiger partial charge in [-0.25, -0.2) is 0 Å². The minimum Gasteiger partial charge on any atom is -0.294 e. The van der Waals surface area contributed by atoms with Crippen LogP contribution in [0.2, 0.25) is 5.02 Å². The van der Waals surface area contributed by atoms with E-state index in [0.29, 0.717) is 11.4 Å². The lowest BCUT2D eigenvalue weighted by Crippen LogP contribution is -2.10. The first-order valence-corrected chi connectivity index (χ1v) is 5.36. The second kappa shape index (κ2) is 3.43. The molecular formula is C10H8BrClO. The molecule has 1 aromatic rings. The van der Waals surface area contributed by atoms with E-state index in [2.05, 4.69) is 15.9 Å². The maximum atomic E-state index is 11.5. The highest BCUT2D eigenvalue weighted by atomic mass is 79.9. The van der Waals surface area contributed by atoms with Gasteiger partial charge in [0.15, 0.2) is 5.78 Å². The number of ketones is 1. The quantitative estimate of drug-likeness (QED) is 0.695. The third-order valence-corrected chi connectivity index (χ3v) is 3.49. The number of carbonyl (C=O) groups excluding carboxylic acids is 1. The lowest BCUT2D eigenvalue weighted by atomic mass is 9.91. The van der Waals surface area contributed by atoms with Crippen molar-refractivity contribution in [3.63, 3.8) is 0 Å². The summed E-state index contributed by atoms with van der Waals surface area (Å²) >= 11 is 9.26. The standard InChI is InChI=1S/C10H8BrClO/c11-8-4-6-2-1-3-10(13)7(6)5-9(8)12/h4-5H,1-3H2. The molecule has 0 saturated heterocycles. The van der Waals surface area contributed by atoms with E-state index in [9.17, 15) is 4.79 Å². The molecule has 0 saturated carbocycles. The normalized spacial score (nSPS) is 15.7. The van der Waals surface area contributed by atoms with Crippen LogP contribution in [-0.2, 0) is 6.42 Å². The SMILES string of the molecule is O=C1CCCc2cc(Br)c(Cl)cc21. The number of rotatable bonds is 0. The summed E-state index contributed by atoms with van der Waals surface area (Å²) in [6.07, 6.45) is 2.60. The molecule has 2 rings (SSSR count). The van der Waals surface area contributed by atoms with Crippen LogP contribution in [0, 0.1) is 0 Å². The number of Topliss-reactive ketones (excluding diaryl/α,β-unsaturated/α-hetero) is 1. The van der Waals surface area contributed by atoms with Gasteiger partial charge < -0.3 is 0 Å². The molecule has 0 atom stereocenters. The van der Waals surface area contributed by atoms with Crippen molar-refractivity contribution in [2.24, 2.45) is 0 Å². The molecule has 3 heteroatoms. The zero-order valence-corrected chi connectivity index (χ0v) is 9.28. The third-order valence-electron chi connectivity index (χ3n) is 2.30. The Labute approximate surface area is 90.2 Å². The molecule has 0 unspecified atom stereocenters. The predicted octanol–water partition coefficient (Wildman–Crippen LogP) is 3.62. The summed E-state index contributed by atoms with van der Waals surface area (Å²) in [5, 5.41) is 0.619. The largest absolute Gasteiger partial charge is 0.294 e. The van der Waals surface area contributed by atoms with Crippen LogP contribution in [0.25, 0.3) is 0 Å². The Bertz CT molecular complexity index is 373. The van der Waals surface area contributed by atoms with Crippen LogP contribution in [-0.4, -0.2) is 5.78 Å². The van der Waals surface area contributed by atoms with Gasteiger partial charge in [0.25, 0.3) is 0 Å². The summed E-state index contributed by atoms with van der Waals surface area (Å²) in [4.78, 5) is 11.5. The van der Waals surface area contributed by atoms with Crippen LogP contribution in [0.4, 0.5) is 0 Å². The smallest absolute Gasteiger partial charge is 0.163 e. The molecule has 0 fully saturated rings. The fraction of sp³-hybridized carbons (Fsp3) is 0.300. The average Bonchev–Trinajstić information content (AvgIpc) is 2.09. The minimum absolute atomic E-state index is 0.218. The molecule has 1 nitrogen and oxygen atoms in total. The molecule has 0 N–H and O–H groups in total. The van der Waals surface area contributed by atoms with Gasteiger partial charge in [-0.2, -0.15) is 0 Å². The number of carbonyl (C=O) groups is 1. The Morgan fingerprint density at radius 2 is 2.08 bits per heavy atom. The van der Waals surface area contributed by atoms with Gasteiger partial charge in [0, 0.05) is 16.5 Å². The van der Waals surface area contributed by atoms with E-state index in [1.807, 2.05) is 6.07 Å². The molecule has 0 heterocycles. The van der Waals surface area contributed by atoms with Crippen LogP contribution in [0.3, 0.4) is 0 Å². The lowest BCUT2D eigenvalue weighted by molar-refractivity contribution is 0.0972. The molecule has 0 radical (unpaired) electrons. The van der Waals surface area contributed by atoms with Gasteiger partial charge in [0.2, 0.25) is 0 Å². The van der Waals surface area contributed by atoms with E-state index in [1.165, 1.54) is 0 Å². The topological polar surface area (TPSA) is 17.1 Å².